The van der Waals surface area contributed by atoms with E-state index in [1.807, 2.05) is 36.4 Å². The predicted octanol–water partition coefficient (Wildman–Crippen LogP) is 7.45. The van der Waals surface area contributed by atoms with Gasteiger partial charge in [0.25, 0.3) is 0 Å². The molecule has 1 aliphatic rings. The molecule has 1 atom stereocenters. The van der Waals surface area contributed by atoms with E-state index < -0.39 is 6.04 Å². The van der Waals surface area contributed by atoms with Gasteiger partial charge in [-0.1, -0.05) is 97.1 Å². The Balaban J connectivity index is 1.59. The summed E-state index contributed by atoms with van der Waals surface area (Å²) in [5.41, 5.74) is 2.29. The maximum atomic E-state index is 14.1. The molecule has 0 bridgehead atoms. The van der Waals surface area contributed by atoms with Crippen molar-refractivity contribution in [2.45, 2.75) is 62.9 Å². The lowest BCUT2D eigenvalue weighted by Crippen LogP contribution is -2.53. The molecule has 0 heterocycles. The van der Waals surface area contributed by atoms with E-state index in [0.29, 0.717) is 27.8 Å². The van der Waals surface area contributed by atoms with Gasteiger partial charge >= 0.3 is 0 Å². The summed E-state index contributed by atoms with van der Waals surface area (Å²) in [4.78, 5) is 29.2. The van der Waals surface area contributed by atoms with Crippen LogP contribution in [0, 0.1) is 5.82 Å². The number of nitrogens with zero attached hydrogens (tertiary/aromatic N) is 1. The van der Waals surface area contributed by atoms with Gasteiger partial charge in [-0.3, -0.25) is 9.59 Å². The SMILES string of the molecule is O=C(NC1CCCCC1)C(Cc1ccccc1)N(Cc1ccc(Cl)c(Cl)c1)C(=O)CSCc1ccccc1F. The van der Waals surface area contributed by atoms with Crippen LogP contribution >= 0.6 is 35.0 Å². The number of thioether (sulfide) groups is 1. The topological polar surface area (TPSA) is 49.4 Å². The number of hydrogen-bond acceptors (Lipinski definition) is 3. The number of benzene rings is 3. The summed E-state index contributed by atoms with van der Waals surface area (Å²) in [7, 11) is 0. The quantitative estimate of drug-likeness (QED) is 0.254. The third kappa shape index (κ3) is 8.72. The lowest BCUT2D eigenvalue weighted by molar-refractivity contribution is -0.139. The van der Waals surface area contributed by atoms with Crippen LogP contribution in [0.5, 0.6) is 0 Å². The van der Waals surface area contributed by atoms with Crippen LogP contribution in [-0.4, -0.2) is 34.6 Å². The number of amides is 2. The van der Waals surface area contributed by atoms with Crippen LogP contribution in [0.15, 0.2) is 72.8 Å². The van der Waals surface area contributed by atoms with Crippen molar-refractivity contribution in [3.8, 4) is 0 Å². The number of rotatable bonds is 11. The average Bonchev–Trinajstić information content (AvgIpc) is 2.94. The molecule has 39 heavy (non-hydrogen) atoms. The van der Waals surface area contributed by atoms with E-state index in [4.69, 9.17) is 23.2 Å². The minimum absolute atomic E-state index is 0.109. The zero-order chi connectivity index (χ0) is 27.6. The molecule has 4 nitrogen and oxygen atoms in total. The zero-order valence-electron chi connectivity index (χ0n) is 21.8. The van der Waals surface area contributed by atoms with Crippen LogP contribution in [0.4, 0.5) is 4.39 Å². The highest BCUT2D eigenvalue weighted by Crippen LogP contribution is 2.26. The lowest BCUT2D eigenvalue weighted by Gasteiger charge is -2.33. The fraction of sp³-hybridized carbons (Fsp3) is 0.355. The molecule has 3 aromatic carbocycles. The van der Waals surface area contributed by atoms with Gasteiger partial charge in [-0.15, -0.1) is 11.8 Å². The highest BCUT2D eigenvalue weighted by atomic mass is 35.5. The minimum Gasteiger partial charge on any atom is -0.352 e. The third-order valence-corrected chi connectivity index (χ3v) is 8.71. The summed E-state index contributed by atoms with van der Waals surface area (Å²) >= 11 is 13.8. The third-order valence-electron chi connectivity index (χ3n) is 7.00. The first-order valence-corrected chi connectivity index (χ1v) is 15.2. The Morgan fingerprint density at radius 1 is 0.923 bits per heavy atom. The molecule has 3 aromatic rings. The maximum Gasteiger partial charge on any atom is 0.243 e. The molecule has 0 spiro atoms. The Kier molecular flexibility index (Phi) is 11.1. The second-order valence-corrected chi connectivity index (χ2v) is 11.7. The van der Waals surface area contributed by atoms with E-state index in [1.54, 1.807) is 35.2 Å². The van der Waals surface area contributed by atoms with Crippen LogP contribution < -0.4 is 5.32 Å². The van der Waals surface area contributed by atoms with Crippen molar-refractivity contribution in [2.24, 2.45) is 0 Å². The molecule has 2 amide bonds. The van der Waals surface area contributed by atoms with Crippen molar-refractivity contribution in [1.82, 2.24) is 10.2 Å². The molecule has 206 valence electrons. The largest absolute Gasteiger partial charge is 0.352 e. The van der Waals surface area contributed by atoms with Gasteiger partial charge in [-0.25, -0.2) is 4.39 Å². The summed E-state index contributed by atoms with van der Waals surface area (Å²) < 4.78 is 14.1. The Morgan fingerprint density at radius 2 is 1.64 bits per heavy atom. The summed E-state index contributed by atoms with van der Waals surface area (Å²) in [5.74, 6) is -0.173. The van der Waals surface area contributed by atoms with Gasteiger partial charge in [0.05, 0.1) is 15.8 Å². The number of carbonyl (C=O) groups is 2. The van der Waals surface area contributed by atoms with Crippen molar-refractivity contribution in [3.05, 3.63) is 105 Å². The molecule has 8 heteroatoms. The molecule has 1 fully saturated rings. The normalized spacial score (nSPS) is 14.5. The molecule has 0 radical (unpaired) electrons. The van der Waals surface area contributed by atoms with Gasteiger partial charge in [0.15, 0.2) is 0 Å². The van der Waals surface area contributed by atoms with Crippen LogP contribution in [0.1, 0.15) is 48.8 Å². The van der Waals surface area contributed by atoms with Gasteiger partial charge in [0, 0.05) is 24.8 Å². The predicted molar refractivity (Wildman–Crippen MR) is 159 cm³/mol. The van der Waals surface area contributed by atoms with Crippen molar-refractivity contribution >= 4 is 46.8 Å². The molecular weight excluding hydrogens is 554 g/mol. The van der Waals surface area contributed by atoms with E-state index >= 15 is 0 Å². The Labute approximate surface area is 244 Å². The fourth-order valence-corrected chi connectivity index (χ4v) is 6.10. The number of hydrogen-bond donors (Lipinski definition) is 1. The molecular formula is C31H33Cl2FN2O2S. The standard InChI is InChI=1S/C31H33Cl2FN2O2S/c32-26-16-15-23(17-27(26)33)19-36(30(37)21-39-20-24-11-7-8-14-28(24)34)29(18-22-9-3-1-4-10-22)31(38)35-25-12-5-2-6-13-25/h1,3-4,7-11,14-17,25,29H,2,5-6,12-13,18-21H2,(H,35,38). The Hall–Kier alpha value is -2.54. The number of nitrogens with one attached hydrogen (secondary N) is 1. The highest BCUT2D eigenvalue weighted by Gasteiger charge is 2.32. The van der Waals surface area contributed by atoms with E-state index in [1.165, 1.54) is 24.2 Å². The molecule has 1 aliphatic carbocycles. The smallest absolute Gasteiger partial charge is 0.243 e. The lowest BCUT2D eigenvalue weighted by atomic mass is 9.94. The average molecular weight is 588 g/mol. The van der Waals surface area contributed by atoms with Crippen molar-refractivity contribution in [2.75, 3.05) is 5.75 Å². The van der Waals surface area contributed by atoms with E-state index in [9.17, 15) is 14.0 Å². The van der Waals surface area contributed by atoms with Crippen LogP contribution in [0.3, 0.4) is 0 Å². The minimum atomic E-state index is -0.717. The molecule has 0 saturated heterocycles. The monoisotopic (exact) mass is 586 g/mol. The highest BCUT2D eigenvalue weighted by molar-refractivity contribution is 7.99. The first kappa shape index (κ1) is 29.4. The van der Waals surface area contributed by atoms with Gasteiger partial charge in [-0.05, 0) is 47.7 Å². The Morgan fingerprint density at radius 3 is 2.36 bits per heavy atom. The van der Waals surface area contributed by atoms with Crippen molar-refractivity contribution < 1.29 is 14.0 Å². The van der Waals surface area contributed by atoms with Crippen LogP contribution in [0.2, 0.25) is 10.0 Å². The molecule has 4 rings (SSSR count). The van der Waals surface area contributed by atoms with Crippen molar-refractivity contribution in [3.63, 3.8) is 0 Å². The molecule has 1 unspecified atom stereocenters. The summed E-state index contributed by atoms with van der Waals surface area (Å²) in [5, 5.41) is 4.05. The first-order chi connectivity index (χ1) is 18.9. The zero-order valence-corrected chi connectivity index (χ0v) is 24.1. The summed E-state index contributed by atoms with van der Waals surface area (Å²) in [6.45, 7) is 0.200. The number of halogens is 3. The molecule has 0 aromatic heterocycles. The molecule has 1 N–H and O–H groups in total. The van der Waals surface area contributed by atoms with Crippen LogP contribution in [0.25, 0.3) is 0 Å². The van der Waals surface area contributed by atoms with Gasteiger partial charge < -0.3 is 10.2 Å². The van der Waals surface area contributed by atoms with Crippen molar-refractivity contribution in [1.29, 1.82) is 0 Å². The van der Waals surface area contributed by atoms with Gasteiger partial charge in [-0.2, -0.15) is 0 Å². The first-order valence-electron chi connectivity index (χ1n) is 13.3. The van der Waals surface area contributed by atoms with E-state index in [-0.39, 0.29) is 36.0 Å². The summed E-state index contributed by atoms with van der Waals surface area (Å²) in [6.07, 6.45) is 5.64. The number of carbonyl (C=O) groups excluding carboxylic acids is 2. The molecule has 1 saturated carbocycles. The van der Waals surface area contributed by atoms with E-state index in [2.05, 4.69) is 5.32 Å². The second-order valence-electron chi connectivity index (χ2n) is 9.90. The van der Waals surface area contributed by atoms with E-state index in [0.717, 1.165) is 36.8 Å². The summed E-state index contributed by atoms with van der Waals surface area (Å²) in [6, 6.07) is 20.9. The fourth-order valence-electron chi connectivity index (χ4n) is 4.88. The Bertz CT molecular complexity index is 1250. The second kappa shape index (κ2) is 14.7. The maximum absolute atomic E-state index is 14.1. The molecule has 0 aliphatic heterocycles. The van der Waals surface area contributed by atoms with Crippen LogP contribution in [-0.2, 0) is 28.3 Å². The van der Waals surface area contributed by atoms with Gasteiger partial charge in [0.2, 0.25) is 11.8 Å². The van der Waals surface area contributed by atoms with Gasteiger partial charge in [0.1, 0.15) is 11.9 Å².